The fourth-order valence-corrected chi connectivity index (χ4v) is 2.62. The molecule has 0 atom stereocenters. The van der Waals surface area contributed by atoms with Gasteiger partial charge in [0.2, 0.25) is 0 Å². The van der Waals surface area contributed by atoms with E-state index in [-0.39, 0.29) is 28.3 Å². The van der Waals surface area contributed by atoms with E-state index in [2.05, 4.69) is 9.98 Å². The molecular formula is C24H30CoN2O6. The topological polar surface area (TPSA) is 145 Å². The Morgan fingerprint density at radius 3 is 1.30 bits per heavy atom. The molecule has 181 valence electrons. The zero-order valence-electron chi connectivity index (χ0n) is 19.6. The molecule has 9 heteroatoms. The largest absolute Gasteiger partial charge is 2.00 e. The molecule has 2 N–H and O–H groups in total. The van der Waals surface area contributed by atoms with Crippen molar-refractivity contribution in [2.24, 2.45) is 9.98 Å². The standard InChI is InChI=1S/C20H24N2O2.2C2H4O2.Co/c1-13-7-15(3)19(23)17(9-13)11-21-5-6-22-12-18-10-14(2)8-16(4)20(18)24;2*1-2(3)4;/h7-12,23-24H,5-6H2,1-4H3;2*1H3,(H,3,4);/q;;;+2/p-2. The molecule has 8 nitrogen and oxygen atoms in total. The number of benzene rings is 2. The van der Waals surface area contributed by atoms with Crippen LogP contribution in [0.4, 0.5) is 0 Å². The molecule has 0 unspecified atom stereocenters. The van der Waals surface area contributed by atoms with E-state index in [1.807, 2.05) is 52.0 Å². The maximum Gasteiger partial charge on any atom is 2.00 e. The minimum Gasteiger partial charge on any atom is -0.550 e. The molecule has 0 amide bonds. The van der Waals surface area contributed by atoms with Gasteiger partial charge in [-0.15, -0.1) is 0 Å². The Balaban J connectivity index is 0. The first-order valence-electron chi connectivity index (χ1n) is 9.80. The summed E-state index contributed by atoms with van der Waals surface area (Å²) in [5, 5.41) is 37.8. The number of nitrogens with zero attached hydrogens (tertiary/aromatic N) is 2. The van der Waals surface area contributed by atoms with E-state index >= 15 is 0 Å². The Morgan fingerprint density at radius 1 is 0.758 bits per heavy atom. The molecule has 0 bridgehead atoms. The summed E-state index contributed by atoms with van der Waals surface area (Å²) in [4.78, 5) is 26.4. The van der Waals surface area contributed by atoms with Gasteiger partial charge in [-0.25, -0.2) is 0 Å². The van der Waals surface area contributed by atoms with Crippen LogP contribution in [0.15, 0.2) is 34.3 Å². The summed E-state index contributed by atoms with van der Waals surface area (Å²) >= 11 is 0. The van der Waals surface area contributed by atoms with Crippen molar-refractivity contribution in [2.45, 2.75) is 41.5 Å². The van der Waals surface area contributed by atoms with Gasteiger partial charge in [-0.1, -0.05) is 12.1 Å². The van der Waals surface area contributed by atoms with Gasteiger partial charge in [-0.2, -0.15) is 0 Å². The molecule has 0 heterocycles. The van der Waals surface area contributed by atoms with E-state index in [1.54, 1.807) is 12.4 Å². The summed E-state index contributed by atoms with van der Waals surface area (Å²) < 4.78 is 0. The molecule has 0 aliphatic carbocycles. The number of aliphatic imine (C=N–C) groups is 2. The van der Waals surface area contributed by atoms with E-state index in [4.69, 9.17) is 19.8 Å². The number of hydrogen-bond acceptors (Lipinski definition) is 8. The van der Waals surface area contributed by atoms with E-state index < -0.39 is 11.9 Å². The van der Waals surface area contributed by atoms with Gasteiger partial charge in [0.05, 0.1) is 13.1 Å². The first-order valence-corrected chi connectivity index (χ1v) is 9.80. The fourth-order valence-electron chi connectivity index (χ4n) is 2.62. The fraction of sp³-hybridized carbons (Fsp3) is 0.333. The van der Waals surface area contributed by atoms with Crippen LogP contribution < -0.4 is 10.2 Å². The number of phenolic OH excluding ortho intramolecular Hbond substituents is 2. The van der Waals surface area contributed by atoms with Crippen LogP contribution in [0.25, 0.3) is 0 Å². The first-order chi connectivity index (χ1) is 14.8. The molecule has 1 radical (unpaired) electrons. The van der Waals surface area contributed by atoms with Crippen LogP contribution in [0.3, 0.4) is 0 Å². The molecule has 2 rings (SSSR count). The zero-order chi connectivity index (χ0) is 24.8. The average Bonchev–Trinajstić information content (AvgIpc) is 2.64. The Morgan fingerprint density at radius 2 is 1.03 bits per heavy atom. The molecular weight excluding hydrogens is 471 g/mol. The Hall–Kier alpha value is -3.17. The summed E-state index contributed by atoms with van der Waals surface area (Å²) in [5.41, 5.74) is 5.33. The summed E-state index contributed by atoms with van der Waals surface area (Å²) in [6, 6.07) is 7.69. The second-order valence-corrected chi connectivity index (χ2v) is 7.09. The molecule has 2 aromatic rings. The van der Waals surface area contributed by atoms with Gasteiger partial charge in [-0.05, 0) is 75.9 Å². The van der Waals surface area contributed by atoms with Crippen molar-refractivity contribution in [1.82, 2.24) is 0 Å². The molecule has 0 aliphatic rings. The Kier molecular flexibility index (Phi) is 16.0. The van der Waals surface area contributed by atoms with E-state index in [0.717, 1.165) is 47.2 Å². The second kappa shape index (κ2) is 16.5. The molecule has 0 saturated heterocycles. The van der Waals surface area contributed by atoms with Crippen molar-refractivity contribution in [1.29, 1.82) is 0 Å². The molecule has 33 heavy (non-hydrogen) atoms. The van der Waals surface area contributed by atoms with E-state index in [9.17, 15) is 10.2 Å². The summed E-state index contributed by atoms with van der Waals surface area (Å²) in [7, 11) is 0. The van der Waals surface area contributed by atoms with Crippen molar-refractivity contribution in [3.63, 3.8) is 0 Å². The molecule has 2 aromatic carbocycles. The molecule has 0 aliphatic heterocycles. The van der Waals surface area contributed by atoms with Crippen LogP contribution in [-0.2, 0) is 26.4 Å². The first kappa shape index (κ1) is 32.0. The number of hydrogen-bond donors (Lipinski definition) is 2. The van der Waals surface area contributed by atoms with Crippen LogP contribution >= 0.6 is 0 Å². The van der Waals surface area contributed by atoms with Crippen molar-refractivity contribution in [3.05, 3.63) is 57.6 Å². The SMILES string of the molecule is CC(=O)[O-].CC(=O)[O-].Cc1cc(C)c(O)c(C=NCCN=Cc2cc(C)cc(C)c2O)c1.[Co+2]. The second-order valence-electron chi connectivity index (χ2n) is 7.09. The van der Waals surface area contributed by atoms with Gasteiger partial charge in [0.1, 0.15) is 11.5 Å². The third kappa shape index (κ3) is 14.5. The number of phenols is 2. The monoisotopic (exact) mass is 501 g/mol. The van der Waals surface area contributed by atoms with Gasteiger partial charge in [0.25, 0.3) is 0 Å². The number of aliphatic carboxylic acids is 2. The predicted octanol–water partition coefficient (Wildman–Crippen LogP) is 1.38. The van der Waals surface area contributed by atoms with Crippen LogP contribution in [0.1, 0.15) is 47.2 Å². The summed E-state index contributed by atoms with van der Waals surface area (Å²) in [6.45, 7) is 10.7. The normalized spacial score (nSPS) is 10.0. The number of carbonyl (C=O) groups is 2. The van der Waals surface area contributed by atoms with Crippen LogP contribution in [0, 0.1) is 27.7 Å². The molecule has 0 spiro atoms. The number of carboxylic acids is 2. The zero-order valence-corrected chi connectivity index (χ0v) is 20.7. The van der Waals surface area contributed by atoms with Crippen molar-refractivity contribution >= 4 is 24.4 Å². The minimum atomic E-state index is -1.08. The maximum absolute atomic E-state index is 10.0. The van der Waals surface area contributed by atoms with Gasteiger partial charge < -0.3 is 30.0 Å². The summed E-state index contributed by atoms with van der Waals surface area (Å²) in [5.74, 6) is -1.62. The molecule has 0 aromatic heterocycles. The smallest absolute Gasteiger partial charge is 0.550 e. The van der Waals surface area contributed by atoms with Crippen LogP contribution in [0.5, 0.6) is 11.5 Å². The van der Waals surface area contributed by atoms with Crippen molar-refractivity contribution in [2.75, 3.05) is 13.1 Å². The number of carbonyl (C=O) groups excluding carboxylic acids is 2. The quantitative estimate of drug-likeness (QED) is 0.468. The third-order valence-corrected chi connectivity index (χ3v) is 3.77. The molecule has 0 saturated carbocycles. The van der Waals surface area contributed by atoms with Crippen LogP contribution in [-0.4, -0.2) is 47.7 Å². The Bertz CT molecular complexity index is 900. The van der Waals surface area contributed by atoms with E-state index in [1.165, 1.54) is 0 Å². The van der Waals surface area contributed by atoms with Crippen molar-refractivity contribution in [3.8, 4) is 11.5 Å². The Labute approximate surface area is 204 Å². The average molecular weight is 501 g/mol. The predicted molar refractivity (Wildman–Crippen MR) is 121 cm³/mol. The third-order valence-electron chi connectivity index (χ3n) is 3.77. The number of rotatable bonds is 5. The van der Waals surface area contributed by atoms with Gasteiger partial charge in [0.15, 0.2) is 0 Å². The van der Waals surface area contributed by atoms with E-state index in [0.29, 0.717) is 13.1 Å². The van der Waals surface area contributed by atoms with Crippen LogP contribution in [0.2, 0.25) is 0 Å². The number of aryl methyl sites for hydroxylation is 4. The molecule has 0 fully saturated rings. The maximum atomic E-state index is 10.0. The van der Waals surface area contributed by atoms with Gasteiger partial charge in [-0.3, -0.25) is 9.98 Å². The number of carboxylic acid groups (broad SMARTS) is 2. The summed E-state index contributed by atoms with van der Waals surface area (Å²) in [6.07, 6.45) is 3.36. The van der Waals surface area contributed by atoms with Crippen molar-refractivity contribution < 1.29 is 46.8 Å². The minimum absolute atomic E-state index is 0. The van der Waals surface area contributed by atoms with Gasteiger partial charge in [0, 0.05) is 35.5 Å². The number of aromatic hydroxyl groups is 2. The van der Waals surface area contributed by atoms with Gasteiger partial charge >= 0.3 is 16.8 Å².